The highest BCUT2D eigenvalue weighted by Gasteiger charge is 2.08. The Bertz CT molecular complexity index is 1060. The smallest absolute Gasteiger partial charge is 0.239 e. The second-order valence-corrected chi connectivity index (χ2v) is 5.80. The molecule has 0 unspecified atom stereocenters. The van der Waals surface area contributed by atoms with Crippen LogP contribution >= 0.6 is 11.6 Å². The summed E-state index contributed by atoms with van der Waals surface area (Å²) in [4.78, 5) is 11.6. The van der Waals surface area contributed by atoms with Gasteiger partial charge in [-0.15, -0.1) is 11.6 Å². The number of halogens is 1. The largest absolute Gasteiger partial charge is 0.324 e. The number of anilines is 1. The number of carbonyl (C=O) groups is 1. The highest BCUT2D eigenvalue weighted by molar-refractivity contribution is 6.29. The van der Waals surface area contributed by atoms with Crippen LogP contribution < -0.4 is 5.32 Å². The van der Waals surface area contributed by atoms with Crippen molar-refractivity contribution in [2.24, 2.45) is 0 Å². The van der Waals surface area contributed by atoms with E-state index in [1.165, 1.54) is 21.5 Å². The molecule has 2 nitrogen and oxygen atoms in total. The number of benzene rings is 4. The Labute approximate surface area is 138 Å². The number of fused-ring (bicyclic) bond motifs is 5. The van der Waals surface area contributed by atoms with E-state index >= 15 is 0 Å². The topological polar surface area (TPSA) is 29.1 Å². The molecule has 1 amide bonds. The van der Waals surface area contributed by atoms with Crippen LogP contribution in [0.25, 0.3) is 32.3 Å². The Morgan fingerprint density at radius 3 is 2.26 bits per heavy atom. The number of hydrogen-bond acceptors (Lipinski definition) is 1. The van der Waals surface area contributed by atoms with Gasteiger partial charge in [0, 0.05) is 11.1 Å². The number of alkyl halides is 1. The number of hydrogen-bond donors (Lipinski definition) is 1. The molecular formula is C20H14ClNO. The summed E-state index contributed by atoms with van der Waals surface area (Å²) >= 11 is 5.60. The number of nitrogens with one attached hydrogen (secondary N) is 1. The zero-order chi connectivity index (χ0) is 15.8. The first-order chi connectivity index (χ1) is 11.3. The third kappa shape index (κ3) is 2.32. The fourth-order valence-corrected chi connectivity index (χ4v) is 3.22. The molecule has 4 rings (SSSR count). The molecule has 4 aromatic carbocycles. The van der Waals surface area contributed by atoms with Gasteiger partial charge in [0.05, 0.1) is 0 Å². The van der Waals surface area contributed by atoms with E-state index in [2.05, 4.69) is 59.9 Å². The lowest BCUT2D eigenvalue weighted by Gasteiger charge is -2.11. The molecule has 0 radical (unpaired) electrons. The predicted molar refractivity (Wildman–Crippen MR) is 98.3 cm³/mol. The molecule has 4 aromatic rings. The van der Waals surface area contributed by atoms with E-state index in [0.29, 0.717) is 0 Å². The molecule has 0 aliphatic rings. The van der Waals surface area contributed by atoms with Gasteiger partial charge in [-0.25, -0.2) is 0 Å². The number of carbonyl (C=O) groups excluding carboxylic acids is 1. The van der Waals surface area contributed by atoms with E-state index in [9.17, 15) is 4.79 Å². The first kappa shape index (κ1) is 14.0. The highest BCUT2D eigenvalue weighted by Crippen LogP contribution is 2.34. The lowest BCUT2D eigenvalue weighted by Crippen LogP contribution is -2.12. The van der Waals surface area contributed by atoms with E-state index in [1.807, 2.05) is 12.1 Å². The monoisotopic (exact) mass is 319 g/mol. The number of rotatable bonds is 2. The molecule has 0 atom stereocenters. The second kappa shape index (κ2) is 5.56. The van der Waals surface area contributed by atoms with E-state index in [0.717, 1.165) is 16.5 Å². The lowest BCUT2D eigenvalue weighted by molar-refractivity contribution is -0.113. The average molecular weight is 320 g/mol. The number of amides is 1. The van der Waals surface area contributed by atoms with Crippen molar-refractivity contribution in [3.05, 3.63) is 66.7 Å². The van der Waals surface area contributed by atoms with Crippen molar-refractivity contribution in [1.29, 1.82) is 0 Å². The molecular weight excluding hydrogens is 306 g/mol. The summed E-state index contributed by atoms with van der Waals surface area (Å²) in [6.07, 6.45) is 0. The molecule has 0 bridgehead atoms. The fraction of sp³-hybridized carbons (Fsp3) is 0.0500. The van der Waals surface area contributed by atoms with E-state index in [4.69, 9.17) is 11.6 Å². The molecule has 1 N–H and O–H groups in total. The Kier molecular flexibility index (Phi) is 3.40. The average Bonchev–Trinajstić information content (AvgIpc) is 2.61. The van der Waals surface area contributed by atoms with Gasteiger partial charge in [-0.1, -0.05) is 60.7 Å². The lowest BCUT2D eigenvalue weighted by atomic mass is 9.96. The fourth-order valence-electron chi connectivity index (χ4n) is 3.15. The quantitative estimate of drug-likeness (QED) is 0.393. The van der Waals surface area contributed by atoms with Crippen LogP contribution in [0.3, 0.4) is 0 Å². The Morgan fingerprint density at radius 1 is 0.739 bits per heavy atom. The van der Waals surface area contributed by atoms with Crippen molar-refractivity contribution in [2.75, 3.05) is 11.2 Å². The van der Waals surface area contributed by atoms with Crippen LogP contribution in [0.5, 0.6) is 0 Å². The predicted octanol–water partition coefficient (Wildman–Crippen LogP) is 5.32. The van der Waals surface area contributed by atoms with E-state index in [1.54, 1.807) is 0 Å². The molecule has 0 heterocycles. The molecule has 0 spiro atoms. The molecule has 0 fully saturated rings. The van der Waals surface area contributed by atoms with Gasteiger partial charge in [0.15, 0.2) is 0 Å². The van der Waals surface area contributed by atoms with Crippen LogP contribution in [-0.4, -0.2) is 11.8 Å². The summed E-state index contributed by atoms with van der Waals surface area (Å²) in [6, 6.07) is 22.8. The zero-order valence-electron chi connectivity index (χ0n) is 12.3. The Morgan fingerprint density at radius 2 is 1.39 bits per heavy atom. The molecule has 0 saturated carbocycles. The van der Waals surface area contributed by atoms with Crippen LogP contribution in [0.2, 0.25) is 0 Å². The minimum atomic E-state index is -0.197. The van der Waals surface area contributed by atoms with Gasteiger partial charge in [-0.05, 0) is 33.0 Å². The van der Waals surface area contributed by atoms with Gasteiger partial charge in [0.2, 0.25) is 5.91 Å². The Balaban J connectivity index is 2.04. The summed E-state index contributed by atoms with van der Waals surface area (Å²) in [6.45, 7) is 0. The van der Waals surface area contributed by atoms with Crippen molar-refractivity contribution < 1.29 is 4.79 Å². The molecule has 0 aliphatic heterocycles. The molecule has 3 heteroatoms. The van der Waals surface area contributed by atoms with Gasteiger partial charge in [-0.3, -0.25) is 4.79 Å². The van der Waals surface area contributed by atoms with Crippen molar-refractivity contribution in [3.8, 4) is 0 Å². The van der Waals surface area contributed by atoms with E-state index in [-0.39, 0.29) is 11.8 Å². The van der Waals surface area contributed by atoms with Crippen molar-refractivity contribution >= 4 is 55.5 Å². The molecule has 0 aromatic heterocycles. The van der Waals surface area contributed by atoms with Gasteiger partial charge in [-0.2, -0.15) is 0 Å². The van der Waals surface area contributed by atoms with Crippen LogP contribution in [0, 0.1) is 0 Å². The van der Waals surface area contributed by atoms with Gasteiger partial charge in [0.25, 0.3) is 0 Å². The summed E-state index contributed by atoms with van der Waals surface area (Å²) in [7, 11) is 0. The zero-order valence-corrected chi connectivity index (χ0v) is 13.1. The first-order valence-corrected chi connectivity index (χ1v) is 8.00. The van der Waals surface area contributed by atoms with Gasteiger partial charge >= 0.3 is 0 Å². The first-order valence-electron chi connectivity index (χ1n) is 7.47. The second-order valence-electron chi connectivity index (χ2n) is 5.53. The third-order valence-corrected chi connectivity index (χ3v) is 4.42. The minimum Gasteiger partial charge on any atom is -0.324 e. The van der Waals surface area contributed by atoms with Crippen molar-refractivity contribution in [2.45, 2.75) is 0 Å². The molecule has 0 aliphatic carbocycles. The summed E-state index contributed by atoms with van der Waals surface area (Å²) < 4.78 is 0. The summed E-state index contributed by atoms with van der Waals surface area (Å²) in [5.74, 6) is -0.244. The molecule has 0 saturated heterocycles. The van der Waals surface area contributed by atoms with E-state index < -0.39 is 0 Å². The highest BCUT2D eigenvalue weighted by atomic mass is 35.5. The van der Waals surface area contributed by atoms with Gasteiger partial charge < -0.3 is 5.32 Å². The summed E-state index contributed by atoms with van der Waals surface area (Å²) in [5.41, 5.74) is 0.795. The normalized spacial score (nSPS) is 11.2. The summed E-state index contributed by atoms with van der Waals surface area (Å²) in [5, 5.41) is 9.88. The van der Waals surface area contributed by atoms with Crippen molar-refractivity contribution in [3.63, 3.8) is 0 Å². The maximum absolute atomic E-state index is 11.6. The standard InChI is InChI=1S/C20H14ClNO/c21-12-20(23)22-19-7-3-6-15-17-9-8-13-4-1-2-5-14(13)16(17)10-11-18(15)19/h1-11H,12H2,(H,22,23). The van der Waals surface area contributed by atoms with Crippen LogP contribution in [0.15, 0.2) is 66.7 Å². The minimum absolute atomic E-state index is 0.0470. The maximum atomic E-state index is 11.6. The molecule has 112 valence electrons. The van der Waals surface area contributed by atoms with Crippen LogP contribution in [0.1, 0.15) is 0 Å². The SMILES string of the molecule is O=C(CCl)Nc1cccc2c1ccc1c3ccccc3ccc21. The van der Waals surface area contributed by atoms with Gasteiger partial charge in [0.1, 0.15) is 5.88 Å². The Hall–Kier alpha value is -2.58. The molecule has 23 heavy (non-hydrogen) atoms. The maximum Gasteiger partial charge on any atom is 0.239 e. The van der Waals surface area contributed by atoms with Crippen LogP contribution in [-0.2, 0) is 4.79 Å². The van der Waals surface area contributed by atoms with Crippen molar-refractivity contribution in [1.82, 2.24) is 0 Å². The van der Waals surface area contributed by atoms with Crippen LogP contribution in [0.4, 0.5) is 5.69 Å². The third-order valence-electron chi connectivity index (χ3n) is 4.18.